The van der Waals surface area contributed by atoms with Crippen LogP contribution in [0.25, 0.3) is 0 Å². The number of nitrogens with zero attached hydrogens (tertiary/aromatic N) is 4. The number of nitrogens with one attached hydrogen (secondary N) is 2. The molecule has 1 aromatic heterocycles. The fourth-order valence-electron chi connectivity index (χ4n) is 3.33. The molecule has 1 saturated carbocycles. The second-order valence-corrected chi connectivity index (χ2v) is 6.46. The molecule has 2 aliphatic rings. The van der Waals surface area contributed by atoms with Crippen LogP contribution in [-0.4, -0.2) is 44.9 Å². The smallest absolute Gasteiger partial charge is 0.315 e. The number of rotatable bonds is 3. The molecule has 8 nitrogen and oxygen atoms in total. The average Bonchev–Trinajstić information content (AvgIpc) is 2.94. The van der Waals surface area contributed by atoms with E-state index in [9.17, 15) is 9.59 Å². The molecular formula is C15H24N6O2. The molecule has 1 unspecified atom stereocenters. The highest BCUT2D eigenvalue weighted by molar-refractivity contribution is 5.80. The van der Waals surface area contributed by atoms with E-state index in [1.54, 1.807) is 16.6 Å². The van der Waals surface area contributed by atoms with E-state index in [4.69, 9.17) is 0 Å². The molecule has 1 aliphatic heterocycles. The van der Waals surface area contributed by atoms with Gasteiger partial charge in [0.15, 0.2) is 0 Å². The van der Waals surface area contributed by atoms with Crippen LogP contribution in [0.5, 0.6) is 0 Å². The van der Waals surface area contributed by atoms with Crippen molar-refractivity contribution >= 4 is 11.9 Å². The maximum Gasteiger partial charge on any atom is 0.315 e. The van der Waals surface area contributed by atoms with Crippen molar-refractivity contribution in [1.29, 1.82) is 0 Å². The van der Waals surface area contributed by atoms with Crippen molar-refractivity contribution in [3.05, 3.63) is 11.4 Å². The van der Waals surface area contributed by atoms with Crippen LogP contribution in [-0.2, 0) is 17.9 Å². The second-order valence-electron chi connectivity index (χ2n) is 6.46. The molecule has 126 valence electrons. The van der Waals surface area contributed by atoms with E-state index >= 15 is 0 Å². The van der Waals surface area contributed by atoms with E-state index in [1.165, 1.54) is 19.3 Å². The first-order chi connectivity index (χ1) is 11.1. The first-order valence-electron chi connectivity index (χ1n) is 8.28. The maximum atomic E-state index is 12.0. The summed E-state index contributed by atoms with van der Waals surface area (Å²) in [5.74, 6) is 0.0250. The number of likely N-dealkylation sites (N-methyl/N-ethyl adjacent to an activating group) is 1. The van der Waals surface area contributed by atoms with Gasteiger partial charge in [-0.2, -0.15) is 0 Å². The van der Waals surface area contributed by atoms with Crippen LogP contribution in [0.3, 0.4) is 0 Å². The Morgan fingerprint density at radius 3 is 2.78 bits per heavy atom. The molecule has 1 atom stereocenters. The molecule has 0 aromatic carbocycles. The summed E-state index contributed by atoms with van der Waals surface area (Å²) in [5, 5.41) is 14.1. The van der Waals surface area contributed by atoms with Crippen molar-refractivity contribution in [1.82, 2.24) is 30.5 Å². The minimum Gasteiger partial charge on any atom is -0.338 e. The van der Waals surface area contributed by atoms with Gasteiger partial charge in [0.1, 0.15) is 11.7 Å². The van der Waals surface area contributed by atoms with Crippen LogP contribution >= 0.6 is 0 Å². The quantitative estimate of drug-likeness (QED) is 0.867. The van der Waals surface area contributed by atoms with Crippen LogP contribution < -0.4 is 10.6 Å². The Morgan fingerprint density at radius 2 is 2.04 bits per heavy atom. The van der Waals surface area contributed by atoms with E-state index in [1.807, 2.05) is 6.92 Å². The molecule has 1 aliphatic carbocycles. The Morgan fingerprint density at radius 1 is 1.30 bits per heavy atom. The van der Waals surface area contributed by atoms with Gasteiger partial charge in [-0.05, 0) is 19.8 Å². The number of carbonyl (C=O) groups excluding carboxylic acids is 2. The molecule has 8 heteroatoms. The molecule has 1 aromatic rings. The number of hydrogen-bond donors (Lipinski definition) is 2. The van der Waals surface area contributed by atoms with Gasteiger partial charge < -0.3 is 15.5 Å². The van der Waals surface area contributed by atoms with Crippen LogP contribution in [0.1, 0.15) is 56.5 Å². The van der Waals surface area contributed by atoms with Gasteiger partial charge >= 0.3 is 6.03 Å². The number of amides is 3. The number of hydrogen-bond acceptors (Lipinski definition) is 4. The molecule has 0 bridgehead atoms. The molecule has 2 heterocycles. The van der Waals surface area contributed by atoms with Crippen molar-refractivity contribution < 1.29 is 9.59 Å². The summed E-state index contributed by atoms with van der Waals surface area (Å²) in [6.45, 7) is 2.60. The Hall–Kier alpha value is -2.12. The predicted octanol–water partition coefficient (Wildman–Crippen LogP) is 0.943. The van der Waals surface area contributed by atoms with E-state index in [2.05, 4.69) is 20.9 Å². The maximum absolute atomic E-state index is 12.0. The molecule has 0 spiro atoms. The Balaban J connectivity index is 1.58. The summed E-state index contributed by atoms with van der Waals surface area (Å²) in [5.41, 5.74) is 1.60. The lowest BCUT2D eigenvalue weighted by molar-refractivity contribution is -0.135. The monoisotopic (exact) mass is 320 g/mol. The van der Waals surface area contributed by atoms with Gasteiger partial charge in [0.2, 0.25) is 5.91 Å². The zero-order chi connectivity index (χ0) is 16.4. The third kappa shape index (κ3) is 3.30. The fraction of sp³-hybridized carbons (Fsp3) is 0.733. The van der Waals surface area contributed by atoms with Gasteiger partial charge in [-0.25, -0.2) is 9.48 Å². The van der Waals surface area contributed by atoms with Gasteiger partial charge in [0.05, 0.1) is 18.8 Å². The first kappa shape index (κ1) is 15.8. The lowest BCUT2D eigenvalue weighted by Crippen LogP contribution is -2.43. The van der Waals surface area contributed by atoms with Gasteiger partial charge in [-0.3, -0.25) is 4.79 Å². The molecule has 23 heavy (non-hydrogen) atoms. The summed E-state index contributed by atoms with van der Waals surface area (Å²) in [6, 6.07) is -0.227. The summed E-state index contributed by atoms with van der Waals surface area (Å²) in [6.07, 6.45) is 5.73. The third-order valence-electron chi connectivity index (χ3n) is 4.72. The lowest BCUT2D eigenvalue weighted by atomic mass is 9.96. The van der Waals surface area contributed by atoms with Crippen LogP contribution in [0.4, 0.5) is 4.79 Å². The predicted molar refractivity (Wildman–Crippen MR) is 83.5 cm³/mol. The zero-order valence-electron chi connectivity index (χ0n) is 13.7. The number of fused-ring (bicyclic) bond motifs is 1. The highest BCUT2D eigenvalue weighted by atomic mass is 16.2. The molecular weight excluding hydrogens is 296 g/mol. The van der Waals surface area contributed by atoms with E-state index in [0.717, 1.165) is 24.2 Å². The zero-order valence-corrected chi connectivity index (χ0v) is 13.7. The minimum atomic E-state index is -0.346. The topological polar surface area (TPSA) is 92.2 Å². The standard InChI is InChI=1S/C15H24N6O2/c1-10-14(22)20(2)9-13-12(18-19-21(10)13)8-16-15(23)17-11-6-4-3-5-7-11/h10-11H,3-9H2,1-2H3,(H2,16,17,23). The largest absolute Gasteiger partial charge is 0.338 e. The van der Waals surface area contributed by atoms with Crippen molar-refractivity contribution in [3.8, 4) is 0 Å². The highest BCUT2D eigenvalue weighted by Gasteiger charge is 2.31. The van der Waals surface area contributed by atoms with E-state index in [-0.39, 0.29) is 24.0 Å². The Labute approximate surface area is 135 Å². The third-order valence-corrected chi connectivity index (χ3v) is 4.72. The van der Waals surface area contributed by atoms with E-state index in [0.29, 0.717) is 13.1 Å². The molecule has 3 rings (SSSR count). The fourth-order valence-corrected chi connectivity index (χ4v) is 3.33. The van der Waals surface area contributed by atoms with Gasteiger partial charge in [-0.15, -0.1) is 5.10 Å². The second kappa shape index (κ2) is 6.55. The van der Waals surface area contributed by atoms with Crippen molar-refractivity contribution in [2.75, 3.05) is 7.05 Å². The van der Waals surface area contributed by atoms with Crippen LogP contribution in [0.2, 0.25) is 0 Å². The van der Waals surface area contributed by atoms with Gasteiger partial charge in [0, 0.05) is 13.1 Å². The first-order valence-corrected chi connectivity index (χ1v) is 8.28. The normalized spacial score (nSPS) is 21.9. The van der Waals surface area contributed by atoms with Crippen LogP contribution in [0, 0.1) is 0 Å². The Bertz CT molecular complexity index is 593. The molecule has 2 N–H and O–H groups in total. The summed E-state index contributed by atoms with van der Waals surface area (Å²) < 4.78 is 1.65. The SMILES string of the molecule is CC1C(=O)N(C)Cc2c(CNC(=O)NC3CCCCC3)nnn21. The van der Waals surface area contributed by atoms with Crippen LogP contribution in [0.15, 0.2) is 0 Å². The molecule has 1 fully saturated rings. The summed E-state index contributed by atoms with van der Waals surface area (Å²) >= 11 is 0. The molecule has 0 radical (unpaired) electrons. The Kier molecular flexibility index (Phi) is 4.49. The van der Waals surface area contributed by atoms with Gasteiger partial charge in [0.25, 0.3) is 0 Å². The summed E-state index contributed by atoms with van der Waals surface area (Å²) in [4.78, 5) is 25.6. The highest BCUT2D eigenvalue weighted by Crippen LogP contribution is 2.21. The van der Waals surface area contributed by atoms with E-state index < -0.39 is 0 Å². The molecule has 0 saturated heterocycles. The number of urea groups is 1. The number of carbonyl (C=O) groups is 2. The van der Waals surface area contributed by atoms with Crippen molar-refractivity contribution in [2.24, 2.45) is 0 Å². The number of aromatic nitrogens is 3. The molecule has 3 amide bonds. The van der Waals surface area contributed by atoms with Gasteiger partial charge in [-0.1, -0.05) is 24.5 Å². The minimum absolute atomic E-state index is 0.0250. The van der Waals surface area contributed by atoms with Crippen molar-refractivity contribution in [3.63, 3.8) is 0 Å². The van der Waals surface area contributed by atoms with Crippen molar-refractivity contribution in [2.45, 2.75) is 64.2 Å². The lowest BCUT2D eigenvalue weighted by Gasteiger charge is -2.28. The summed E-state index contributed by atoms with van der Waals surface area (Å²) in [7, 11) is 1.77. The average molecular weight is 320 g/mol.